The zero-order valence-electron chi connectivity index (χ0n) is 10.2. The van der Waals surface area contributed by atoms with E-state index in [1.807, 2.05) is 0 Å². The molecule has 0 atom stereocenters. The molecule has 0 bridgehead atoms. The van der Waals surface area contributed by atoms with Gasteiger partial charge in [0, 0.05) is 24.1 Å². The van der Waals surface area contributed by atoms with Crippen LogP contribution in [0.15, 0.2) is 48.6 Å². The van der Waals surface area contributed by atoms with E-state index in [4.69, 9.17) is 17.3 Å². The van der Waals surface area contributed by atoms with Crippen molar-refractivity contribution in [1.29, 1.82) is 0 Å². The normalized spacial score (nSPS) is 11.4. The van der Waals surface area contributed by atoms with E-state index >= 15 is 0 Å². The zero-order valence-corrected chi connectivity index (χ0v) is 16.5. The van der Waals surface area contributed by atoms with Crippen LogP contribution in [0.1, 0.15) is 0 Å². The lowest BCUT2D eigenvalue weighted by Crippen LogP contribution is -2.15. The molecule has 3 N–H and O–H groups in total. The number of halogens is 4. The Kier molecular flexibility index (Phi) is 5.25. The molecule has 0 heterocycles. The van der Waals surface area contributed by atoms with E-state index in [1.165, 1.54) is 18.2 Å². The van der Waals surface area contributed by atoms with Gasteiger partial charge in [-0.1, -0.05) is 11.6 Å². The number of nitrogens with two attached hydrogens (primary N) is 1. The molecule has 0 aliphatic carbocycles. The Labute approximate surface area is 152 Å². The van der Waals surface area contributed by atoms with Crippen LogP contribution in [0.3, 0.4) is 0 Å². The quantitative estimate of drug-likeness (QED) is 0.561. The minimum Gasteiger partial charge on any atom is -0.399 e. The molecular formula is C12H8Br3ClN2O2S. The van der Waals surface area contributed by atoms with Crippen molar-refractivity contribution >= 4 is 80.8 Å². The lowest BCUT2D eigenvalue weighted by molar-refractivity contribution is 0.600. The van der Waals surface area contributed by atoms with Crippen molar-refractivity contribution < 1.29 is 8.42 Å². The Morgan fingerprint density at radius 2 is 1.57 bits per heavy atom. The van der Waals surface area contributed by atoms with Gasteiger partial charge >= 0.3 is 0 Å². The molecule has 2 aromatic rings. The smallest absolute Gasteiger partial charge is 0.264 e. The standard InChI is InChI=1S/C12H8Br3ClN2O2S/c13-8-2-1-6(16)3-11(8)18-21(19,20)12-9(14)4-7(17)5-10(12)15/h1-5,18H,17H2. The van der Waals surface area contributed by atoms with Gasteiger partial charge in [0.15, 0.2) is 0 Å². The molecule has 0 saturated heterocycles. The van der Waals surface area contributed by atoms with Crippen molar-refractivity contribution in [2.75, 3.05) is 10.5 Å². The van der Waals surface area contributed by atoms with Crippen LogP contribution in [0, 0.1) is 0 Å². The van der Waals surface area contributed by atoms with Crippen molar-refractivity contribution in [3.8, 4) is 0 Å². The minimum atomic E-state index is -3.82. The lowest BCUT2D eigenvalue weighted by Gasteiger charge is -2.13. The molecule has 9 heteroatoms. The third-order valence-electron chi connectivity index (χ3n) is 2.46. The van der Waals surface area contributed by atoms with Crippen LogP contribution in [0.25, 0.3) is 0 Å². The maximum Gasteiger partial charge on any atom is 0.264 e. The highest BCUT2D eigenvalue weighted by molar-refractivity contribution is 9.11. The van der Waals surface area contributed by atoms with Crippen molar-refractivity contribution in [2.24, 2.45) is 0 Å². The molecule has 0 fully saturated rings. The molecule has 21 heavy (non-hydrogen) atoms. The Morgan fingerprint density at radius 1 is 1.00 bits per heavy atom. The second-order valence-corrected chi connectivity index (χ2v) is 8.66. The summed E-state index contributed by atoms with van der Waals surface area (Å²) in [6, 6.07) is 7.87. The van der Waals surface area contributed by atoms with E-state index in [0.29, 0.717) is 29.8 Å². The third kappa shape index (κ3) is 3.92. The van der Waals surface area contributed by atoms with Gasteiger partial charge in [0.25, 0.3) is 10.0 Å². The summed E-state index contributed by atoms with van der Waals surface area (Å²) in [4.78, 5) is 0.0589. The van der Waals surface area contributed by atoms with Gasteiger partial charge in [-0.3, -0.25) is 4.72 Å². The highest BCUT2D eigenvalue weighted by Gasteiger charge is 2.22. The predicted octanol–water partition coefficient (Wildman–Crippen LogP) is 5.01. The molecule has 0 aromatic heterocycles. The van der Waals surface area contributed by atoms with Gasteiger partial charge < -0.3 is 5.73 Å². The predicted molar refractivity (Wildman–Crippen MR) is 96.2 cm³/mol. The maximum atomic E-state index is 12.5. The first-order valence-corrected chi connectivity index (χ1v) is 9.67. The molecular weight excluding hydrogens is 511 g/mol. The van der Waals surface area contributed by atoms with Gasteiger partial charge in [-0.2, -0.15) is 0 Å². The molecule has 112 valence electrons. The summed E-state index contributed by atoms with van der Waals surface area (Å²) in [7, 11) is -3.82. The van der Waals surface area contributed by atoms with Gasteiger partial charge in [-0.15, -0.1) is 0 Å². The topological polar surface area (TPSA) is 72.2 Å². The summed E-state index contributed by atoms with van der Waals surface area (Å²) in [5, 5.41) is 0.423. The fourth-order valence-corrected chi connectivity index (χ4v) is 5.95. The Balaban J connectivity index is 2.51. The van der Waals surface area contributed by atoms with Crippen LogP contribution >= 0.6 is 59.4 Å². The van der Waals surface area contributed by atoms with Crippen LogP contribution in [0.5, 0.6) is 0 Å². The largest absolute Gasteiger partial charge is 0.399 e. The molecule has 0 amide bonds. The summed E-state index contributed by atoms with van der Waals surface area (Å²) in [5.41, 5.74) is 6.45. The summed E-state index contributed by atoms with van der Waals surface area (Å²) < 4.78 is 28.9. The Hall–Kier alpha value is -0.280. The van der Waals surface area contributed by atoms with Crippen molar-refractivity contribution in [3.05, 3.63) is 48.8 Å². The fraction of sp³-hybridized carbons (Fsp3) is 0. The van der Waals surface area contributed by atoms with Crippen LogP contribution in [0.2, 0.25) is 5.02 Å². The average molecular weight is 519 g/mol. The lowest BCUT2D eigenvalue weighted by atomic mass is 10.3. The number of rotatable bonds is 3. The van der Waals surface area contributed by atoms with E-state index in [0.717, 1.165) is 0 Å². The van der Waals surface area contributed by atoms with E-state index in [2.05, 4.69) is 52.5 Å². The van der Waals surface area contributed by atoms with Gasteiger partial charge in [-0.05, 0) is 78.1 Å². The zero-order chi connectivity index (χ0) is 15.8. The Morgan fingerprint density at radius 3 is 2.14 bits per heavy atom. The first kappa shape index (κ1) is 17.1. The van der Waals surface area contributed by atoms with Crippen LogP contribution < -0.4 is 10.5 Å². The van der Waals surface area contributed by atoms with E-state index < -0.39 is 10.0 Å². The van der Waals surface area contributed by atoms with Gasteiger partial charge in [0.1, 0.15) is 4.90 Å². The molecule has 2 rings (SSSR count). The molecule has 0 unspecified atom stereocenters. The molecule has 0 radical (unpaired) electrons. The average Bonchev–Trinajstić information content (AvgIpc) is 2.31. The fourth-order valence-electron chi connectivity index (χ4n) is 1.61. The van der Waals surface area contributed by atoms with E-state index in [9.17, 15) is 8.42 Å². The number of hydrogen-bond acceptors (Lipinski definition) is 3. The molecule has 2 aromatic carbocycles. The number of hydrogen-bond donors (Lipinski definition) is 2. The minimum absolute atomic E-state index is 0.0589. The van der Waals surface area contributed by atoms with Crippen LogP contribution in [-0.4, -0.2) is 8.42 Å². The number of nitrogen functional groups attached to an aromatic ring is 1. The second kappa shape index (κ2) is 6.45. The van der Waals surface area contributed by atoms with Gasteiger partial charge in [0.05, 0.1) is 5.69 Å². The SMILES string of the molecule is Nc1cc(Br)c(S(=O)(=O)Nc2cc(Cl)ccc2Br)c(Br)c1. The third-order valence-corrected chi connectivity index (χ3v) is 6.63. The van der Waals surface area contributed by atoms with E-state index in [1.54, 1.807) is 12.1 Å². The monoisotopic (exact) mass is 516 g/mol. The van der Waals surface area contributed by atoms with Gasteiger partial charge in [0.2, 0.25) is 0 Å². The Bertz CT molecular complexity index is 789. The summed E-state index contributed by atoms with van der Waals surface area (Å²) in [5.74, 6) is 0. The maximum absolute atomic E-state index is 12.5. The highest BCUT2D eigenvalue weighted by Crippen LogP contribution is 2.35. The van der Waals surface area contributed by atoms with Crippen LogP contribution in [0.4, 0.5) is 11.4 Å². The summed E-state index contributed by atoms with van der Waals surface area (Å²) in [6.45, 7) is 0. The first-order chi connectivity index (χ1) is 9.70. The molecule has 0 spiro atoms. The molecule has 4 nitrogen and oxygen atoms in total. The number of anilines is 2. The van der Waals surface area contributed by atoms with E-state index in [-0.39, 0.29) is 4.90 Å². The first-order valence-electron chi connectivity index (χ1n) is 5.43. The molecule has 0 aliphatic rings. The van der Waals surface area contributed by atoms with Crippen molar-refractivity contribution in [2.45, 2.75) is 4.90 Å². The second-order valence-electron chi connectivity index (χ2n) is 4.04. The number of sulfonamides is 1. The van der Waals surface area contributed by atoms with Crippen molar-refractivity contribution in [3.63, 3.8) is 0 Å². The highest BCUT2D eigenvalue weighted by atomic mass is 79.9. The van der Waals surface area contributed by atoms with Crippen molar-refractivity contribution in [1.82, 2.24) is 0 Å². The summed E-state index contributed by atoms with van der Waals surface area (Å²) in [6.07, 6.45) is 0. The molecule has 0 aliphatic heterocycles. The van der Waals surface area contributed by atoms with Crippen LogP contribution in [-0.2, 0) is 10.0 Å². The summed E-state index contributed by atoms with van der Waals surface area (Å²) >= 11 is 15.6. The van der Waals surface area contributed by atoms with Gasteiger partial charge in [-0.25, -0.2) is 8.42 Å². The molecule has 0 saturated carbocycles. The number of benzene rings is 2. The number of nitrogens with one attached hydrogen (secondary N) is 1.